The van der Waals surface area contributed by atoms with Gasteiger partial charge in [-0.1, -0.05) is 35.9 Å². The number of sulfonamides is 1. The van der Waals surface area contributed by atoms with Gasteiger partial charge in [0.2, 0.25) is 15.9 Å². The lowest BCUT2D eigenvalue weighted by molar-refractivity contribution is -0.134. The second-order valence-corrected chi connectivity index (χ2v) is 8.98. The highest BCUT2D eigenvalue weighted by Gasteiger charge is 2.24. The molecule has 9 heteroatoms. The van der Waals surface area contributed by atoms with Gasteiger partial charge >= 0.3 is 5.97 Å². The van der Waals surface area contributed by atoms with Gasteiger partial charge in [0.05, 0.1) is 4.90 Å². The molecule has 0 aliphatic carbocycles. The summed E-state index contributed by atoms with van der Waals surface area (Å²) in [4.78, 5) is 23.5. The van der Waals surface area contributed by atoms with Gasteiger partial charge in [0.1, 0.15) is 12.3 Å². The van der Waals surface area contributed by atoms with Crippen molar-refractivity contribution in [2.24, 2.45) is 0 Å². The van der Waals surface area contributed by atoms with Crippen LogP contribution in [0, 0.1) is 0 Å². The van der Waals surface area contributed by atoms with Crippen LogP contribution in [-0.4, -0.2) is 38.2 Å². The van der Waals surface area contributed by atoms with Gasteiger partial charge in [-0.2, -0.15) is 4.31 Å². The number of carbonyl (C=O) groups excluding carboxylic acids is 2. The Morgan fingerprint density at radius 1 is 1.00 bits per heavy atom. The number of ether oxygens (including phenoxy) is 1. The maximum atomic E-state index is 12.7. The van der Waals surface area contributed by atoms with E-state index in [0.717, 1.165) is 9.69 Å². The zero-order valence-corrected chi connectivity index (χ0v) is 17.8. The number of carbonyl (C=O) groups is 2. The molecular weight excluding hydrogens is 428 g/mol. The molecule has 156 valence electrons. The molecule has 0 saturated carbocycles. The second kappa shape index (κ2) is 8.83. The second-order valence-electron chi connectivity index (χ2n) is 6.53. The van der Waals surface area contributed by atoms with Crippen LogP contribution in [0.15, 0.2) is 65.6 Å². The van der Waals surface area contributed by atoms with Gasteiger partial charge in [-0.25, -0.2) is 8.42 Å². The summed E-state index contributed by atoms with van der Waals surface area (Å²) in [5.74, 6) is -0.700. The molecule has 0 aliphatic heterocycles. The van der Waals surface area contributed by atoms with Crippen molar-refractivity contribution in [3.8, 4) is 5.75 Å². The first-order valence-corrected chi connectivity index (χ1v) is 10.7. The van der Waals surface area contributed by atoms with Crippen LogP contribution in [-0.2, 0) is 19.6 Å². The van der Waals surface area contributed by atoms with Crippen LogP contribution in [0.1, 0.15) is 6.92 Å². The predicted octanol–water partition coefficient (Wildman–Crippen LogP) is 3.68. The Hall–Kier alpha value is -2.94. The fourth-order valence-electron chi connectivity index (χ4n) is 2.84. The third kappa shape index (κ3) is 4.79. The van der Waals surface area contributed by atoms with Crippen LogP contribution in [0.3, 0.4) is 0 Å². The van der Waals surface area contributed by atoms with Crippen molar-refractivity contribution in [3.05, 3.63) is 65.7 Å². The highest BCUT2D eigenvalue weighted by Crippen LogP contribution is 2.31. The standard InChI is InChI=1S/C21H19ClN2O5S/c1-14(25)23-15-7-9-16(10-8-15)30(27,28)24(2)13-21(26)29-20-12-11-19(22)17-5-3-4-6-18(17)20/h3-12H,13H2,1-2H3,(H,23,25). The molecule has 0 saturated heterocycles. The average molecular weight is 447 g/mol. The number of anilines is 1. The van der Waals surface area contributed by atoms with E-state index in [4.69, 9.17) is 16.3 Å². The summed E-state index contributed by atoms with van der Waals surface area (Å²) in [6, 6.07) is 16.0. The molecule has 3 aromatic carbocycles. The fraction of sp³-hybridized carbons (Fsp3) is 0.143. The molecular formula is C21H19ClN2O5S. The van der Waals surface area contributed by atoms with Crippen LogP contribution in [0.2, 0.25) is 5.02 Å². The smallest absolute Gasteiger partial charge is 0.326 e. The molecule has 0 heterocycles. The van der Waals surface area contributed by atoms with Crippen LogP contribution in [0.4, 0.5) is 5.69 Å². The predicted molar refractivity (Wildman–Crippen MR) is 115 cm³/mol. The van der Waals surface area contributed by atoms with Crippen molar-refractivity contribution >= 4 is 50.0 Å². The summed E-state index contributed by atoms with van der Waals surface area (Å²) < 4.78 is 31.7. The minimum absolute atomic E-state index is 0.0103. The molecule has 0 bridgehead atoms. The molecule has 7 nitrogen and oxygen atoms in total. The number of amides is 1. The number of benzene rings is 3. The number of nitrogens with zero attached hydrogens (tertiary/aromatic N) is 1. The Morgan fingerprint density at radius 2 is 1.63 bits per heavy atom. The zero-order chi connectivity index (χ0) is 21.9. The van der Waals surface area contributed by atoms with Gasteiger partial charge < -0.3 is 10.1 Å². The van der Waals surface area contributed by atoms with Crippen molar-refractivity contribution in [1.29, 1.82) is 0 Å². The van der Waals surface area contributed by atoms with Crippen LogP contribution < -0.4 is 10.1 Å². The van der Waals surface area contributed by atoms with Gasteiger partial charge in [0, 0.05) is 35.5 Å². The lowest BCUT2D eigenvalue weighted by atomic mass is 10.1. The number of rotatable bonds is 6. The maximum Gasteiger partial charge on any atom is 0.326 e. The molecule has 0 aromatic heterocycles. The Kier molecular flexibility index (Phi) is 6.40. The summed E-state index contributed by atoms with van der Waals surface area (Å²) in [5, 5.41) is 4.46. The molecule has 0 spiro atoms. The van der Waals surface area contributed by atoms with E-state index in [0.29, 0.717) is 21.8 Å². The van der Waals surface area contributed by atoms with E-state index >= 15 is 0 Å². The van der Waals surface area contributed by atoms with E-state index in [-0.39, 0.29) is 10.8 Å². The highest BCUT2D eigenvalue weighted by atomic mass is 35.5. The van der Waals surface area contributed by atoms with Crippen LogP contribution in [0.25, 0.3) is 10.8 Å². The maximum absolute atomic E-state index is 12.7. The molecule has 0 aliphatic rings. The van der Waals surface area contributed by atoms with E-state index in [9.17, 15) is 18.0 Å². The number of nitrogens with one attached hydrogen (secondary N) is 1. The summed E-state index contributed by atoms with van der Waals surface area (Å²) in [6.07, 6.45) is 0. The number of likely N-dealkylation sites (N-methyl/N-ethyl adjacent to an activating group) is 1. The largest absolute Gasteiger partial charge is 0.425 e. The normalized spacial score (nSPS) is 11.5. The summed E-state index contributed by atoms with van der Waals surface area (Å²) in [7, 11) is -2.63. The molecule has 3 rings (SSSR count). The molecule has 3 aromatic rings. The summed E-state index contributed by atoms with van der Waals surface area (Å²) in [5.41, 5.74) is 0.470. The number of esters is 1. The van der Waals surface area contributed by atoms with Crippen molar-refractivity contribution < 1.29 is 22.7 Å². The van der Waals surface area contributed by atoms with Crippen LogP contribution >= 0.6 is 11.6 Å². The number of fused-ring (bicyclic) bond motifs is 1. The molecule has 1 N–H and O–H groups in total. The fourth-order valence-corrected chi connectivity index (χ4v) is 4.18. The van der Waals surface area contributed by atoms with E-state index in [1.54, 1.807) is 30.3 Å². The van der Waals surface area contributed by atoms with E-state index in [2.05, 4.69) is 5.32 Å². The molecule has 30 heavy (non-hydrogen) atoms. The summed E-state index contributed by atoms with van der Waals surface area (Å²) >= 11 is 6.17. The van der Waals surface area contributed by atoms with Crippen molar-refractivity contribution in [1.82, 2.24) is 4.31 Å². The summed E-state index contributed by atoms with van der Waals surface area (Å²) in [6.45, 7) is 0.876. The third-order valence-electron chi connectivity index (χ3n) is 4.29. The minimum atomic E-state index is -3.92. The number of hydrogen-bond acceptors (Lipinski definition) is 5. The van der Waals surface area contributed by atoms with Gasteiger partial charge in [0.25, 0.3) is 0 Å². The first-order valence-electron chi connectivity index (χ1n) is 8.90. The number of halogens is 1. The van der Waals surface area contributed by atoms with E-state index < -0.39 is 22.5 Å². The Bertz CT molecular complexity index is 1210. The van der Waals surface area contributed by atoms with Crippen molar-refractivity contribution in [2.45, 2.75) is 11.8 Å². The Balaban J connectivity index is 1.74. The molecule has 0 fully saturated rings. The topological polar surface area (TPSA) is 92.8 Å². The van der Waals surface area contributed by atoms with Gasteiger partial charge in [-0.15, -0.1) is 0 Å². The Labute approximate surface area is 179 Å². The van der Waals surface area contributed by atoms with Gasteiger partial charge in [-0.3, -0.25) is 9.59 Å². The lowest BCUT2D eigenvalue weighted by Crippen LogP contribution is -2.34. The zero-order valence-electron chi connectivity index (χ0n) is 16.3. The first-order chi connectivity index (χ1) is 14.2. The molecule has 0 radical (unpaired) electrons. The quantitative estimate of drug-likeness (QED) is 0.460. The molecule has 1 amide bonds. The monoisotopic (exact) mass is 446 g/mol. The van der Waals surface area contributed by atoms with E-state index in [1.807, 2.05) is 6.07 Å². The Morgan fingerprint density at radius 3 is 2.27 bits per heavy atom. The lowest BCUT2D eigenvalue weighted by Gasteiger charge is -2.17. The van der Waals surface area contributed by atoms with Crippen molar-refractivity contribution in [3.63, 3.8) is 0 Å². The molecule has 0 atom stereocenters. The first kappa shape index (κ1) is 21.8. The highest BCUT2D eigenvalue weighted by molar-refractivity contribution is 7.89. The minimum Gasteiger partial charge on any atom is -0.425 e. The van der Waals surface area contributed by atoms with E-state index in [1.165, 1.54) is 38.2 Å². The average Bonchev–Trinajstić information content (AvgIpc) is 2.70. The number of hydrogen-bond donors (Lipinski definition) is 1. The SMILES string of the molecule is CC(=O)Nc1ccc(S(=O)(=O)N(C)CC(=O)Oc2ccc(Cl)c3ccccc23)cc1. The van der Waals surface area contributed by atoms with Gasteiger partial charge in [0.15, 0.2) is 0 Å². The van der Waals surface area contributed by atoms with Gasteiger partial charge in [-0.05, 0) is 36.4 Å². The van der Waals surface area contributed by atoms with Crippen molar-refractivity contribution in [2.75, 3.05) is 18.9 Å². The van der Waals surface area contributed by atoms with Crippen LogP contribution in [0.5, 0.6) is 5.75 Å². The molecule has 0 unspecified atom stereocenters. The third-order valence-corrected chi connectivity index (χ3v) is 6.44.